The lowest BCUT2D eigenvalue weighted by Gasteiger charge is -2.11. The Bertz CT molecular complexity index is 1060. The van der Waals surface area contributed by atoms with Gasteiger partial charge in [-0.15, -0.1) is 11.3 Å². The Morgan fingerprint density at radius 2 is 2.07 bits per heavy atom. The van der Waals surface area contributed by atoms with E-state index in [-0.39, 0.29) is 18.0 Å². The molecule has 148 valence electrons. The zero-order valence-electron chi connectivity index (χ0n) is 15.2. The van der Waals surface area contributed by atoms with Crippen LogP contribution in [0.2, 0.25) is 0 Å². The maximum atomic E-state index is 12.7. The Balaban J connectivity index is 1.59. The highest BCUT2D eigenvalue weighted by Gasteiger charge is 2.31. The zero-order valence-corrected chi connectivity index (χ0v) is 17.0. The van der Waals surface area contributed by atoms with E-state index in [1.54, 1.807) is 12.1 Å². The Morgan fingerprint density at radius 1 is 1.29 bits per heavy atom. The van der Waals surface area contributed by atoms with Crippen LogP contribution < -0.4 is 25.2 Å². The van der Waals surface area contributed by atoms with Gasteiger partial charge in [0.15, 0.2) is 22.4 Å². The van der Waals surface area contributed by atoms with E-state index in [2.05, 4.69) is 18.8 Å². The van der Waals surface area contributed by atoms with Crippen molar-refractivity contribution < 1.29 is 27.9 Å². The van der Waals surface area contributed by atoms with Crippen molar-refractivity contribution in [2.45, 2.75) is 20.3 Å². The molecule has 0 amide bonds. The van der Waals surface area contributed by atoms with Gasteiger partial charge in [-0.2, -0.15) is 0 Å². The Hall–Kier alpha value is -2.48. The number of benzene rings is 1. The number of fused-ring (bicyclic) bond motifs is 1. The van der Waals surface area contributed by atoms with Crippen molar-refractivity contribution in [3.05, 3.63) is 35.2 Å². The van der Waals surface area contributed by atoms with Crippen LogP contribution in [0.15, 0.2) is 34.7 Å². The van der Waals surface area contributed by atoms with E-state index in [1.165, 1.54) is 29.5 Å². The second kappa shape index (κ2) is 7.16. The molecule has 1 aliphatic heterocycles. The van der Waals surface area contributed by atoms with Gasteiger partial charge in [0.25, 0.3) is 0 Å². The normalized spacial score (nSPS) is 15.0. The van der Waals surface area contributed by atoms with Gasteiger partial charge in [-0.1, -0.05) is 13.8 Å². The number of rotatable bonds is 6. The second-order valence-electron chi connectivity index (χ2n) is 6.69. The monoisotopic (exact) mass is 422 g/mol. The molecule has 0 saturated heterocycles. The predicted molar refractivity (Wildman–Crippen MR) is 105 cm³/mol. The summed E-state index contributed by atoms with van der Waals surface area (Å²) in [5, 5.41) is 0.424. The third kappa shape index (κ3) is 3.73. The van der Waals surface area contributed by atoms with Crippen molar-refractivity contribution in [1.82, 2.24) is 4.98 Å². The second-order valence-corrected chi connectivity index (χ2v) is 9.47. The summed E-state index contributed by atoms with van der Waals surface area (Å²) in [5.74, 6) is 1.97. The fourth-order valence-electron chi connectivity index (χ4n) is 2.80. The molecular formula is C18H19N2O6PS. The van der Waals surface area contributed by atoms with Gasteiger partial charge in [-0.05, 0) is 36.6 Å². The number of nitrogens with two attached hydrogens (primary N) is 1. The fourth-order valence-corrected chi connectivity index (χ4v) is 4.81. The summed E-state index contributed by atoms with van der Waals surface area (Å²) in [6.07, 6.45) is 0.782. The molecule has 3 heterocycles. The number of hydrogen-bond acceptors (Lipinski definition) is 8. The van der Waals surface area contributed by atoms with Gasteiger partial charge in [0.2, 0.25) is 12.3 Å². The summed E-state index contributed by atoms with van der Waals surface area (Å²) in [7, 11) is -4.25. The van der Waals surface area contributed by atoms with Crippen molar-refractivity contribution in [2.75, 3.05) is 12.5 Å². The molecular weight excluding hydrogens is 403 g/mol. The van der Waals surface area contributed by atoms with Gasteiger partial charge < -0.3 is 29.0 Å². The van der Waals surface area contributed by atoms with Crippen LogP contribution in [-0.4, -0.2) is 16.7 Å². The molecule has 0 aliphatic carbocycles. The minimum absolute atomic E-state index is 0.104. The molecule has 10 heteroatoms. The fraction of sp³-hybridized carbons (Fsp3) is 0.278. The van der Waals surface area contributed by atoms with Crippen LogP contribution >= 0.6 is 18.9 Å². The number of aromatic nitrogens is 1. The molecule has 8 nitrogen and oxygen atoms in total. The number of nitrogens with zero attached hydrogens (tertiary/aromatic N) is 1. The average molecular weight is 422 g/mol. The Labute approximate surface area is 165 Å². The van der Waals surface area contributed by atoms with Crippen LogP contribution in [0.5, 0.6) is 17.2 Å². The van der Waals surface area contributed by atoms with Gasteiger partial charge in [-0.3, -0.25) is 0 Å². The van der Waals surface area contributed by atoms with Crippen LogP contribution in [0, 0.1) is 5.92 Å². The van der Waals surface area contributed by atoms with E-state index in [0.29, 0.717) is 34.0 Å². The first-order valence-corrected chi connectivity index (χ1v) is 11.0. The molecule has 28 heavy (non-hydrogen) atoms. The van der Waals surface area contributed by atoms with Gasteiger partial charge >= 0.3 is 7.60 Å². The van der Waals surface area contributed by atoms with E-state index >= 15 is 0 Å². The van der Waals surface area contributed by atoms with Crippen molar-refractivity contribution in [3.8, 4) is 28.7 Å². The summed E-state index contributed by atoms with van der Waals surface area (Å²) < 4.78 is 34.1. The molecule has 3 aromatic rings. The average Bonchev–Trinajstić information content (AvgIpc) is 3.33. The number of furan rings is 1. The minimum Gasteiger partial charge on any atom is -0.454 e. The maximum absolute atomic E-state index is 12.7. The number of thiazole rings is 1. The van der Waals surface area contributed by atoms with E-state index in [0.717, 1.165) is 11.3 Å². The summed E-state index contributed by atoms with van der Waals surface area (Å²) in [6.45, 7) is 4.29. The molecule has 0 spiro atoms. The lowest BCUT2D eigenvalue weighted by molar-refractivity contribution is 0.174. The standard InChI is InChI=1S/C18H19N2O6PS/c1-10(2)7-15-17(20-18(19)28-15)13-5-6-16(25-13)27(21,22)26-11-3-4-12-14(8-11)24-9-23-12/h3-6,8,10H,7,9H2,1-2H3,(H2,19,20)(H,21,22). The summed E-state index contributed by atoms with van der Waals surface area (Å²) in [5.41, 5.74) is 6.26. The molecule has 1 aromatic carbocycles. The number of hydrogen-bond donors (Lipinski definition) is 2. The van der Waals surface area contributed by atoms with Gasteiger partial charge in [0.1, 0.15) is 11.4 Å². The lowest BCUT2D eigenvalue weighted by Crippen LogP contribution is -2.06. The molecule has 4 rings (SSSR count). The van der Waals surface area contributed by atoms with E-state index in [1.807, 2.05) is 0 Å². The summed E-state index contributed by atoms with van der Waals surface area (Å²) in [4.78, 5) is 15.7. The Kier molecular flexibility index (Phi) is 4.82. The van der Waals surface area contributed by atoms with Crippen LogP contribution in [-0.2, 0) is 11.0 Å². The van der Waals surface area contributed by atoms with Gasteiger partial charge in [-0.25, -0.2) is 9.55 Å². The van der Waals surface area contributed by atoms with Crippen molar-refractivity contribution >= 4 is 29.6 Å². The third-order valence-electron chi connectivity index (χ3n) is 3.98. The smallest absolute Gasteiger partial charge is 0.443 e. The maximum Gasteiger partial charge on any atom is 0.443 e. The van der Waals surface area contributed by atoms with Crippen LogP contribution in [0.4, 0.5) is 5.13 Å². The van der Waals surface area contributed by atoms with Gasteiger partial charge in [0.05, 0.1) is 0 Å². The molecule has 1 unspecified atom stereocenters. The molecule has 0 fully saturated rings. The van der Waals surface area contributed by atoms with E-state index in [9.17, 15) is 9.46 Å². The third-order valence-corrected chi connectivity index (χ3v) is 6.15. The number of anilines is 1. The van der Waals surface area contributed by atoms with Crippen molar-refractivity contribution in [2.24, 2.45) is 5.92 Å². The molecule has 0 saturated carbocycles. The minimum atomic E-state index is -4.25. The van der Waals surface area contributed by atoms with Crippen molar-refractivity contribution in [1.29, 1.82) is 0 Å². The van der Waals surface area contributed by atoms with E-state index < -0.39 is 7.60 Å². The van der Waals surface area contributed by atoms with Gasteiger partial charge in [0, 0.05) is 10.9 Å². The molecule has 0 radical (unpaired) electrons. The highest BCUT2D eigenvalue weighted by atomic mass is 32.1. The van der Waals surface area contributed by atoms with E-state index in [4.69, 9.17) is 24.1 Å². The number of nitrogen functional groups attached to an aromatic ring is 1. The molecule has 1 aliphatic rings. The molecule has 3 N–H and O–H groups in total. The predicted octanol–water partition coefficient (Wildman–Crippen LogP) is 3.80. The largest absolute Gasteiger partial charge is 0.454 e. The molecule has 1 atom stereocenters. The van der Waals surface area contributed by atoms with Crippen molar-refractivity contribution in [3.63, 3.8) is 0 Å². The van der Waals surface area contributed by atoms with Crippen LogP contribution in [0.25, 0.3) is 11.5 Å². The first-order chi connectivity index (χ1) is 13.3. The number of ether oxygens (including phenoxy) is 2. The first kappa shape index (κ1) is 18.9. The lowest BCUT2D eigenvalue weighted by atomic mass is 10.1. The highest BCUT2D eigenvalue weighted by Crippen LogP contribution is 2.45. The SMILES string of the molecule is CC(C)Cc1sc(N)nc1-c1ccc(P(=O)(O)Oc2ccc3c(c2)OCO3)o1. The summed E-state index contributed by atoms with van der Waals surface area (Å²) in [6, 6.07) is 7.65. The van der Waals surface area contributed by atoms with Crippen LogP contribution in [0.1, 0.15) is 18.7 Å². The van der Waals surface area contributed by atoms with Crippen LogP contribution in [0.3, 0.4) is 0 Å². The first-order valence-electron chi connectivity index (χ1n) is 8.60. The summed E-state index contributed by atoms with van der Waals surface area (Å²) >= 11 is 1.39. The molecule has 2 aromatic heterocycles. The molecule has 0 bridgehead atoms. The highest BCUT2D eigenvalue weighted by molar-refractivity contribution is 7.61. The Morgan fingerprint density at radius 3 is 2.86 bits per heavy atom. The topological polar surface area (TPSA) is 117 Å². The quantitative estimate of drug-likeness (QED) is 0.576. The zero-order chi connectivity index (χ0) is 19.9.